The van der Waals surface area contributed by atoms with Crippen molar-refractivity contribution in [2.45, 2.75) is 6.54 Å². The van der Waals surface area contributed by atoms with Gasteiger partial charge in [0, 0.05) is 48.1 Å². The van der Waals surface area contributed by atoms with Gasteiger partial charge in [0.1, 0.15) is 5.76 Å². The Bertz CT molecular complexity index is 1230. The SMILES string of the molecule is O=C(c1ccc(-c2ccc(Cl)cc2)o1)N(Cc1ccccc1)c1ccc(N2CCNCC2)cc1. The predicted molar refractivity (Wildman–Crippen MR) is 138 cm³/mol. The number of nitrogens with one attached hydrogen (secondary N) is 1. The van der Waals surface area contributed by atoms with Crippen LogP contribution in [0.1, 0.15) is 16.1 Å². The molecule has 1 aliphatic rings. The number of carbonyl (C=O) groups is 1. The van der Waals surface area contributed by atoms with Crippen LogP contribution in [0.25, 0.3) is 11.3 Å². The third kappa shape index (κ3) is 5.01. The molecule has 4 aromatic rings. The first-order valence-electron chi connectivity index (χ1n) is 11.4. The van der Waals surface area contributed by atoms with Crippen LogP contribution in [0, 0.1) is 0 Å². The molecule has 1 saturated heterocycles. The molecular formula is C28H26ClN3O2. The maximum Gasteiger partial charge on any atom is 0.294 e. The monoisotopic (exact) mass is 471 g/mol. The van der Waals surface area contributed by atoms with E-state index >= 15 is 0 Å². The molecule has 1 fully saturated rings. The second-order valence-electron chi connectivity index (χ2n) is 8.30. The van der Waals surface area contributed by atoms with Gasteiger partial charge in [-0.15, -0.1) is 0 Å². The topological polar surface area (TPSA) is 48.7 Å². The first-order chi connectivity index (χ1) is 16.7. The fourth-order valence-electron chi connectivity index (χ4n) is 4.17. The number of halogens is 1. The Labute approximate surface area is 204 Å². The van der Waals surface area contributed by atoms with Gasteiger partial charge in [-0.05, 0) is 66.2 Å². The van der Waals surface area contributed by atoms with Crippen LogP contribution in [0.5, 0.6) is 0 Å². The minimum atomic E-state index is -0.181. The lowest BCUT2D eigenvalue weighted by Gasteiger charge is -2.30. The number of nitrogens with zero attached hydrogens (tertiary/aromatic N) is 2. The number of furan rings is 1. The van der Waals surface area contributed by atoms with E-state index in [1.165, 1.54) is 5.69 Å². The highest BCUT2D eigenvalue weighted by molar-refractivity contribution is 6.30. The molecule has 1 amide bonds. The van der Waals surface area contributed by atoms with E-state index in [-0.39, 0.29) is 5.91 Å². The van der Waals surface area contributed by atoms with Crippen molar-refractivity contribution in [1.29, 1.82) is 0 Å². The maximum atomic E-state index is 13.6. The van der Waals surface area contributed by atoms with E-state index in [9.17, 15) is 4.79 Å². The number of benzene rings is 3. The summed E-state index contributed by atoms with van der Waals surface area (Å²) in [5, 5.41) is 4.04. The summed E-state index contributed by atoms with van der Waals surface area (Å²) in [4.78, 5) is 17.7. The van der Waals surface area contributed by atoms with Crippen molar-refractivity contribution in [3.63, 3.8) is 0 Å². The molecule has 1 N–H and O–H groups in total. The van der Waals surface area contributed by atoms with Crippen LogP contribution in [0.15, 0.2) is 95.4 Å². The lowest BCUT2D eigenvalue weighted by molar-refractivity contribution is 0.0959. The Morgan fingerprint density at radius 2 is 1.59 bits per heavy atom. The number of anilines is 2. The molecular weight excluding hydrogens is 446 g/mol. The molecule has 1 aromatic heterocycles. The molecule has 6 heteroatoms. The van der Waals surface area contributed by atoms with Crippen molar-refractivity contribution in [2.75, 3.05) is 36.0 Å². The summed E-state index contributed by atoms with van der Waals surface area (Å²) in [6.07, 6.45) is 0. The van der Waals surface area contributed by atoms with Gasteiger partial charge < -0.3 is 19.5 Å². The summed E-state index contributed by atoms with van der Waals surface area (Å²) in [6.45, 7) is 4.37. The van der Waals surface area contributed by atoms with E-state index in [0.29, 0.717) is 23.1 Å². The van der Waals surface area contributed by atoms with Crippen molar-refractivity contribution >= 4 is 28.9 Å². The summed E-state index contributed by atoms with van der Waals surface area (Å²) < 4.78 is 5.98. The van der Waals surface area contributed by atoms with Gasteiger partial charge in [-0.3, -0.25) is 4.79 Å². The Hall–Kier alpha value is -3.54. The molecule has 3 aromatic carbocycles. The Kier molecular flexibility index (Phi) is 6.65. The second-order valence-corrected chi connectivity index (χ2v) is 8.74. The lowest BCUT2D eigenvalue weighted by atomic mass is 10.1. The molecule has 0 radical (unpaired) electrons. The second kappa shape index (κ2) is 10.2. The van der Waals surface area contributed by atoms with Crippen molar-refractivity contribution in [1.82, 2.24) is 5.32 Å². The smallest absolute Gasteiger partial charge is 0.294 e. The number of hydrogen-bond acceptors (Lipinski definition) is 4. The van der Waals surface area contributed by atoms with Gasteiger partial charge in [0.05, 0.1) is 6.54 Å². The molecule has 2 heterocycles. The molecule has 172 valence electrons. The number of rotatable bonds is 6. The van der Waals surface area contributed by atoms with Crippen LogP contribution in [0.4, 0.5) is 11.4 Å². The fourth-order valence-corrected chi connectivity index (χ4v) is 4.29. The average Bonchev–Trinajstić information content (AvgIpc) is 3.39. The molecule has 0 atom stereocenters. The largest absolute Gasteiger partial charge is 0.451 e. The van der Waals surface area contributed by atoms with Crippen LogP contribution in [0.3, 0.4) is 0 Å². The number of amides is 1. The standard InChI is InChI=1S/C28H26ClN3O2/c29-23-8-6-22(7-9-23)26-14-15-27(34-26)28(33)32(20-21-4-2-1-3-5-21)25-12-10-24(11-13-25)31-18-16-30-17-19-31/h1-15,30H,16-20H2. The molecule has 0 aliphatic carbocycles. The summed E-state index contributed by atoms with van der Waals surface area (Å²) >= 11 is 6.00. The van der Waals surface area contributed by atoms with Gasteiger partial charge in [-0.1, -0.05) is 41.9 Å². The molecule has 0 spiro atoms. The summed E-state index contributed by atoms with van der Waals surface area (Å²) in [5.74, 6) is 0.750. The normalized spacial score (nSPS) is 13.6. The van der Waals surface area contributed by atoms with E-state index in [0.717, 1.165) is 43.0 Å². The van der Waals surface area contributed by atoms with Crippen LogP contribution in [0.2, 0.25) is 5.02 Å². The van der Waals surface area contributed by atoms with Crippen LogP contribution in [-0.4, -0.2) is 32.1 Å². The zero-order valence-electron chi connectivity index (χ0n) is 18.8. The van der Waals surface area contributed by atoms with E-state index in [1.807, 2.05) is 72.8 Å². The van der Waals surface area contributed by atoms with E-state index in [1.54, 1.807) is 11.0 Å². The fraction of sp³-hybridized carbons (Fsp3) is 0.179. The minimum Gasteiger partial charge on any atom is -0.451 e. The van der Waals surface area contributed by atoms with E-state index < -0.39 is 0 Å². The third-order valence-corrected chi connectivity index (χ3v) is 6.27. The highest BCUT2D eigenvalue weighted by Crippen LogP contribution is 2.28. The quantitative estimate of drug-likeness (QED) is 0.383. The number of piperazine rings is 1. The lowest BCUT2D eigenvalue weighted by Crippen LogP contribution is -2.43. The van der Waals surface area contributed by atoms with Crippen LogP contribution < -0.4 is 15.1 Å². The molecule has 0 saturated carbocycles. The van der Waals surface area contributed by atoms with Gasteiger partial charge >= 0.3 is 0 Å². The Morgan fingerprint density at radius 1 is 0.882 bits per heavy atom. The van der Waals surface area contributed by atoms with Crippen LogP contribution in [-0.2, 0) is 6.54 Å². The van der Waals surface area contributed by atoms with Crippen LogP contribution >= 0.6 is 11.6 Å². The predicted octanol–water partition coefficient (Wildman–Crippen LogP) is 5.86. The average molecular weight is 472 g/mol. The number of carbonyl (C=O) groups excluding carboxylic acids is 1. The third-order valence-electron chi connectivity index (χ3n) is 6.02. The maximum absolute atomic E-state index is 13.6. The molecule has 0 unspecified atom stereocenters. The zero-order chi connectivity index (χ0) is 23.3. The summed E-state index contributed by atoms with van der Waals surface area (Å²) in [5.41, 5.74) is 3.92. The highest BCUT2D eigenvalue weighted by Gasteiger charge is 2.22. The minimum absolute atomic E-state index is 0.181. The van der Waals surface area contributed by atoms with E-state index in [4.69, 9.17) is 16.0 Å². The van der Waals surface area contributed by atoms with E-state index in [2.05, 4.69) is 22.3 Å². The van der Waals surface area contributed by atoms with Gasteiger partial charge in [0.15, 0.2) is 5.76 Å². The Morgan fingerprint density at radius 3 is 2.29 bits per heavy atom. The van der Waals surface area contributed by atoms with Crippen molar-refractivity contribution in [2.24, 2.45) is 0 Å². The van der Waals surface area contributed by atoms with Crippen molar-refractivity contribution < 1.29 is 9.21 Å². The molecule has 34 heavy (non-hydrogen) atoms. The first-order valence-corrected chi connectivity index (χ1v) is 11.8. The molecule has 5 rings (SSSR count). The molecule has 5 nitrogen and oxygen atoms in total. The first kappa shape index (κ1) is 22.3. The van der Waals surface area contributed by atoms with Gasteiger partial charge in [-0.2, -0.15) is 0 Å². The number of hydrogen-bond donors (Lipinski definition) is 1. The molecule has 1 aliphatic heterocycles. The van der Waals surface area contributed by atoms with Crippen molar-refractivity contribution in [3.8, 4) is 11.3 Å². The summed E-state index contributed by atoms with van der Waals surface area (Å²) in [7, 11) is 0. The zero-order valence-corrected chi connectivity index (χ0v) is 19.5. The van der Waals surface area contributed by atoms with Crippen molar-refractivity contribution in [3.05, 3.63) is 107 Å². The van der Waals surface area contributed by atoms with Gasteiger partial charge in [0.2, 0.25) is 0 Å². The Balaban J connectivity index is 1.43. The molecule has 0 bridgehead atoms. The summed E-state index contributed by atoms with van der Waals surface area (Å²) in [6, 6.07) is 29.1. The van der Waals surface area contributed by atoms with Gasteiger partial charge in [0.25, 0.3) is 5.91 Å². The highest BCUT2D eigenvalue weighted by atomic mass is 35.5. The van der Waals surface area contributed by atoms with Gasteiger partial charge in [-0.25, -0.2) is 0 Å².